The summed E-state index contributed by atoms with van der Waals surface area (Å²) >= 11 is 0. The van der Waals surface area contributed by atoms with Crippen molar-refractivity contribution >= 4 is 11.6 Å². The van der Waals surface area contributed by atoms with Crippen molar-refractivity contribution in [1.29, 1.82) is 0 Å². The van der Waals surface area contributed by atoms with Gasteiger partial charge >= 0.3 is 0 Å². The number of hydrogen-bond donors (Lipinski definition) is 1. The molecule has 1 fully saturated rings. The summed E-state index contributed by atoms with van der Waals surface area (Å²) in [6.07, 6.45) is 3.61. The average molecular weight is 272 g/mol. The Balaban J connectivity index is 1.75. The van der Waals surface area contributed by atoms with Gasteiger partial charge in [0.25, 0.3) is 0 Å². The first kappa shape index (κ1) is 13.6. The van der Waals surface area contributed by atoms with Crippen LogP contribution in [0.3, 0.4) is 0 Å². The van der Waals surface area contributed by atoms with Crippen LogP contribution in [0, 0.1) is 5.92 Å². The number of carbonyl (C=O) groups excluding carboxylic acids is 1. The number of rotatable bonds is 3. The lowest BCUT2D eigenvalue weighted by Gasteiger charge is -2.26. The Morgan fingerprint density at radius 2 is 1.95 bits per heavy atom. The Hall–Kier alpha value is -1.35. The van der Waals surface area contributed by atoms with Crippen molar-refractivity contribution in [2.45, 2.75) is 38.5 Å². The zero-order valence-corrected chi connectivity index (χ0v) is 12.5. The van der Waals surface area contributed by atoms with Crippen LogP contribution in [0.5, 0.6) is 0 Å². The lowest BCUT2D eigenvalue weighted by Crippen LogP contribution is -2.38. The van der Waals surface area contributed by atoms with Crippen LogP contribution in [0.4, 0.5) is 5.69 Å². The van der Waals surface area contributed by atoms with Gasteiger partial charge < -0.3 is 10.2 Å². The summed E-state index contributed by atoms with van der Waals surface area (Å²) in [5.74, 6) is 1.02. The third-order valence-corrected chi connectivity index (χ3v) is 4.87. The van der Waals surface area contributed by atoms with Crippen molar-refractivity contribution in [3.05, 3.63) is 29.8 Å². The zero-order chi connectivity index (χ0) is 14.2. The van der Waals surface area contributed by atoms with E-state index in [4.69, 9.17) is 0 Å². The highest BCUT2D eigenvalue weighted by Crippen LogP contribution is 2.41. The molecule has 1 aromatic rings. The monoisotopic (exact) mass is 272 g/mol. The molecule has 0 unspecified atom stereocenters. The number of nitrogens with zero attached hydrogens (tertiary/aromatic N) is 1. The van der Waals surface area contributed by atoms with E-state index in [9.17, 15) is 4.79 Å². The molecule has 3 heteroatoms. The Kier molecular flexibility index (Phi) is 3.55. The molecule has 1 amide bonds. The van der Waals surface area contributed by atoms with Crippen LogP contribution < -0.4 is 10.2 Å². The lowest BCUT2D eigenvalue weighted by molar-refractivity contribution is -0.122. The number of carbonyl (C=O) groups is 1. The van der Waals surface area contributed by atoms with Gasteiger partial charge in [-0.25, -0.2) is 0 Å². The van der Waals surface area contributed by atoms with E-state index >= 15 is 0 Å². The Morgan fingerprint density at radius 1 is 1.25 bits per heavy atom. The van der Waals surface area contributed by atoms with E-state index in [0.29, 0.717) is 0 Å². The fraction of sp³-hybridized carbons (Fsp3) is 0.588. The van der Waals surface area contributed by atoms with Crippen LogP contribution in [0.15, 0.2) is 24.3 Å². The lowest BCUT2D eigenvalue weighted by atomic mass is 9.86. The second-order valence-corrected chi connectivity index (χ2v) is 6.58. The number of anilines is 1. The molecular formula is C17H24N2O. The molecule has 2 heterocycles. The minimum Gasteiger partial charge on any atom is -0.317 e. The van der Waals surface area contributed by atoms with Crippen LogP contribution >= 0.6 is 0 Å². The van der Waals surface area contributed by atoms with Crippen LogP contribution in [0.1, 0.15) is 38.7 Å². The third kappa shape index (κ3) is 2.24. The molecule has 0 spiro atoms. The van der Waals surface area contributed by atoms with Gasteiger partial charge in [-0.05, 0) is 63.7 Å². The standard InChI is InChI=1S/C17H24N2O/c1-17(2)14-5-3-4-6-15(14)19(16(17)20)12-9-13-7-10-18-11-8-13/h3-6,13,18H,7-12H2,1-2H3. The summed E-state index contributed by atoms with van der Waals surface area (Å²) in [6, 6.07) is 8.25. The minimum absolute atomic E-state index is 0.257. The summed E-state index contributed by atoms with van der Waals surface area (Å²) in [5, 5.41) is 3.40. The second kappa shape index (κ2) is 5.21. The maximum Gasteiger partial charge on any atom is 0.237 e. The average Bonchev–Trinajstić information content (AvgIpc) is 2.67. The normalized spacial score (nSPS) is 22.1. The predicted octanol–water partition coefficient (Wildman–Crippen LogP) is 2.70. The van der Waals surface area contributed by atoms with Crippen molar-refractivity contribution in [2.75, 3.05) is 24.5 Å². The van der Waals surface area contributed by atoms with Gasteiger partial charge in [0.1, 0.15) is 0 Å². The molecule has 1 aromatic carbocycles. The Bertz CT molecular complexity index is 503. The number of piperidine rings is 1. The van der Waals surface area contributed by atoms with Gasteiger partial charge in [0.2, 0.25) is 5.91 Å². The highest BCUT2D eigenvalue weighted by Gasteiger charge is 2.43. The van der Waals surface area contributed by atoms with E-state index in [1.54, 1.807) is 0 Å². The van der Waals surface area contributed by atoms with E-state index in [0.717, 1.165) is 37.7 Å². The van der Waals surface area contributed by atoms with Crippen molar-refractivity contribution in [2.24, 2.45) is 5.92 Å². The van der Waals surface area contributed by atoms with Gasteiger partial charge in [0.05, 0.1) is 5.41 Å². The summed E-state index contributed by atoms with van der Waals surface area (Å²) < 4.78 is 0. The van der Waals surface area contributed by atoms with E-state index < -0.39 is 0 Å². The number of amides is 1. The minimum atomic E-state index is -0.370. The smallest absolute Gasteiger partial charge is 0.237 e. The molecule has 0 aromatic heterocycles. The molecular weight excluding hydrogens is 248 g/mol. The molecule has 20 heavy (non-hydrogen) atoms. The number of para-hydroxylation sites is 1. The zero-order valence-electron chi connectivity index (χ0n) is 12.5. The van der Waals surface area contributed by atoms with Crippen LogP contribution in [-0.4, -0.2) is 25.5 Å². The number of hydrogen-bond acceptors (Lipinski definition) is 2. The van der Waals surface area contributed by atoms with Crippen molar-refractivity contribution in [1.82, 2.24) is 5.32 Å². The van der Waals surface area contributed by atoms with Crippen molar-refractivity contribution in [3.8, 4) is 0 Å². The van der Waals surface area contributed by atoms with Gasteiger partial charge in [-0.2, -0.15) is 0 Å². The summed E-state index contributed by atoms with van der Waals surface area (Å²) in [6.45, 7) is 7.20. The highest BCUT2D eigenvalue weighted by atomic mass is 16.2. The van der Waals surface area contributed by atoms with Crippen LogP contribution in [-0.2, 0) is 10.2 Å². The first-order chi connectivity index (χ1) is 9.60. The SMILES string of the molecule is CC1(C)C(=O)N(CCC2CCNCC2)c2ccccc21. The molecule has 108 valence electrons. The van der Waals surface area contributed by atoms with Gasteiger partial charge in [-0.1, -0.05) is 18.2 Å². The number of nitrogens with one attached hydrogen (secondary N) is 1. The largest absolute Gasteiger partial charge is 0.317 e. The van der Waals surface area contributed by atoms with Gasteiger partial charge in [-0.15, -0.1) is 0 Å². The van der Waals surface area contributed by atoms with Gasteiger partial charge in [0, 0.05) is 12.2 Å². The van der Waals surface area contributed by atoms with Gasteiger partial charge in [0.15, 0.2) is 0 Å². The molecule has 2 aliphatic rings. The maximum atomic E-state index is 12.7. The molecule has 1 saturated heterocycles. The summed E-state index contributed by atoms with van der Waals surface area (Å²) in [7, 11) is 0. The number of fused-ring (bicyclic) bond motifs is 1. The second-order valence-electron chi connectivity index (χ2n) is 6.58. The maximum absolute atomic E-state index is 12.7. The van der Waals surface area contributed by atoms with Crippen molar-refractivity contribution in [3.63, 3.8) is 0 Å². The summed E-state index contributed by atoms with van der Waals surface area (Å²) in [4.78, 5) is 14.7. The van der Waals surface area contributed by atoms with Gasteiger partial charge in [-0.3, -0.25) is 4.79 Å². The molecule has 0 radical (unpaired) electrons. The summed E-state index contributed by atoms with van der Waals surface area (Å²) in [5.41, 5.74) is 1.93. The predicted molar refractivity (Wildman–Crippen MR) is 82.0 cm³/mol. The van der Waals surface area contributed by atoms with Crippen LogP contribution in [0.25, 0.3) is 0 Å². The molecule has 3 nitrogen and oxygen atoms in total. The third-order valence-electron chi connectivity index (χ3n) is 4.87. The quantitative estimate of drug-likeness (QED) is 0.917. The fourth-order valence-electron chi connectivity index (χ4n) is 3.50. The molecule has 0 bridgehead atoms. The first-order valence-electron chi connectivity index (χ1n) is 7.73. The number of benzene rings is 1. The van der Waals surface area contributed by atoms with Crippen molar-refractivity contribution < 1.29 is 4.79 Å². The molecule has 0 atom stereocenters. The molecule has 1 N–H and O–H groups in total. The van der Waals surface area contributed by atoms with Crippen LogP contribution in [0.2, 0.25) is 0 Å². The van der Waals surface area contributed by atoms with E-state index in [1.807, 2.05) is 30.9 Å². The Morgan fingerprint density at radius 3 is 2.70 bits per heavy atom. The van der Waals surface area contributed by atoms with E-state index in [1.165, 1.54) is 18.4 Å². The first-order valence-corrected chi connectivity index (χ1v) is 7.73. The topological polar surface area (TPSA) is 32.3 Å². The van der Waals surface area contributed by atoms with E-state index in [2.05, 4.69) is 17.4 Å². The fourth-order valence-corrected chi connectivity index (χ4v) is 3.50. The molecule has 0 aliphatic carbocycles. The molecule has 3 rings (SSSR count). The van der Waals surface area contributed by atoms with E-state index in [-0.39, 0.29) is 11.3 Å². The molecule has 0 saturated carbocycles. The highest BCUT2D eigenvalue weighted by molar-refractivity contribution is 6.07. The molecule has 2 aliphatic heterocycles. The Labute approximate surface area is 121 Å².